The fraction of sp³-hybridized carbons (Fsp3) is 0.600. The van der Waals surface area contributed by atoms with Crippen LogP contribution in [0.25, 0.3) is 0 Å². The van der Waals surface area contributed by atoms with Gasteiger partial charge in [0.25, 0.3) is 0 Å². The van der Waals surface area contributed by atoms with Crippen molar-refractivity contribution >= 4 is 11.8 Å². The molecule has 2 unspecified atom stereocenters. The lowest BCUT2D eigenvalue weighted by molar-refractivity contribution is 0.186. The van der Waals surface area contributed by atoms with Gasteiger partial charge in [-0.15, -0.1) is 0 Å². The molecule has 1 saturated heterocycles. The fourth-order valence-corrected chi connectivity index (χ4v) is 3.54. The molecule has 0 spiro atoms. The molecule has 0 bridgehead atoms. The molecule has 2 N–H and O–H groups in total. The molecule has 1 aliphatic heterocycles. The molecule has 1 aromatic rings. The van der Waals surface area contributed by atoms with E-state index < -0.39 is 0 Å². The molecular formula is C15H24N2OS. The molecule has 1 fully saturated rings. The van der Waals surface area contributed by atoms with Crippen molar-refractivity contribution in [2.45, 2.75) is 25.4 Å². The van der Waals surface area contributed by atoms with Gasteiger partial charge in [0, 0.05) is 36.7 Å². The summed E-state index contributed by atoms with van der Waals surface area (Å²) in [4.78, 5) is 2.53. The van der Waals surface area contributed by atoms with E-state index in [4.69, 9.17) is 10.5 Å². The normalized spacial score (nSPS) is 19.9. The second kappa shape index (κ2) is 7.17. The molecular weight excluding hydrogens is 256 g/mol. The first-order chi connectivity index (χ1) is 9.26. The Kier molecular flexibility index (Phi) is 5.55. The number of methoxy groups -OCH3 is 1. The summed E-state index contributed by atoms with van der Waals surface area (Å²) >= 11 is 2.03. The molecule has 1 aromatic carbocycles. The van der Waals surface area contributed by atoms with Gasteiger partial charge in [0.05, 0.1) is 7.11 Å². The summed E-state index contributed by atoms with van der Waals surface area (Å²) in [6.07, 6.45) is 1.00. The highest BCUT2D eigenvalue weighted by molar-refractivity contribution is 7.99. The van der Waals surface area contributed by atoms with Crippen LogP contribution in [0.4, 0.5) is 0 Å². The van der Waals surface area contributed by atoms with E-state index in [1.165, 1.54) is 17.1 Å². The Labute approximate surface area is 120 Å². The highest BCUT2D eigenvalue weighted by Crippen LogP contribution is 2.28. The number of benzene rings is 1. The van der Waals surface area contributed by atoms with Crippen molar-refractivity contribution in [1.29, 1.82) is 0 Å². The molecule has 106 valence electrons. The van der Waals surface area contributed by atoms with Crippen LogP contribution in [0.2, 0.25) is 0 Å². The lowest BCUT2D eigenvalue weighted by Crippen LogP contribution is -2.44. The van der Waals surface area contributed by atoms with Gasteiger partial charge in [0.2, 0.25) is 0 Å². The number of thioether (sulfide) groups is 1. The molecule has 19 heavy (non-hydrogen) atoms. The van der Waals surface area contributed by atoms with Gasteiger partial charge in [-0.25, -0.2) is 0 Å². The van der Waals surface area contributed by atoms with Crippen LogP contribution in [0.5, 0.6) is 5.75 Å². The predicted molar refractivity (Wildman–Crippen MR) is 82.9 cm³/mol. The van der Waals surface area contributed by atoms with Gasteiger partial charge in [-0.1, -0.05) is 19.1 Å². The predicted octanol–water partition coefficient (Wildman–Crippen LogP) is 2.52. The molecule has 3 nitrogen and oxygen atoms in total. The van der Waals surface area contributed by atoms with Crippen molar-refractivity contribution < 1.29 is 4.74 Å². The third kappa shape index (κ3) is 3.65. The van der Waals surface area contributed by atoms with E-state index >= 15 is 0 Å². The van der Waals surface area contributed by atoms with Crippen molar-refractivity contribution in [3.05, 3.63) is 29.8 Å². The quantitative estimate of drug-likeness (QED) is 0.899. The van der Waals surface area contributed by atoms with Crippen LogP contribution in [0, 0.1) is 0 Å². The van der Waals surface area contributed by atoms with Gasteiger partial charge in [0.15, 0.2) is 0 Å². The minimum absolute atomic E-state index is 0.191. The minimum atomic E-state index is 0.191. The van der Waals surface area contributed by atoms with E-state index in [1.54, 1.807) is 7.11 Å². The summed E-state index contributed by atoms with van der Waals surface area (Å²) < 4.78 is 5.23. The standard InChI is InChI=1S/C15H24N2OS/c1-3-14(16)15(17-8-10-19-11-9-17)12-4-6-13(18-2)7-5-12/h4-7,14-15H,3,8-11,16H2,1-2H3. The second-order valence-electron chi connectivity index (χ2n) is 4.94. The molecule has 0 amide bonds. The zero-order valence-corrected chi connectivity index (χ0v) is 12.7. The van der Waals surface area contributed by atoms with E-state index in [1.807, 2.05) is 23.9 Å². The molecule has 0 radical (unpaired) electrons. The van der Waals surface area contributed by atoms with Gasteiger partial charge in [-0.3, -0.25) is 4.90 Å². The van der Waals surface area contributed by atoms with Crippen LogP contribution in [0.1, 0.15) is 24.9 Å². The van der Waals surface area contributed by atoms with Crippen molar-refractivity contribution in [3.63, 3.8) is 0 Å². The zero-order valence-electron chi connectivity index (χ0n) is 11.8. The van der Waals surface area contributed by atoms with Crippen LogP contribution in [-0.4, -0.2) is 42.6 Å². The highest BCUT2D eigenvalue weighted by Gasteiger charge is 2.26. The SMILES string of the molecule is CCC(N)C(c1ccc(OC)cc1)N1CCSCC1. The van der Waals surface area contributed by atoms with Crippen LogP contribution >= 0.6 is 11.8 Å². The number of rotatable bonds is 5. The van der Waals surface area contributed by atoms with Gasteiger partial charge >= 0.3 is 0 Å². The Balaban J connectivity index is 2.19. The first-order valence-corrected chi connectivity index (χ1v) is 8.13. The third-order valence-corrected chi connectivity index (χ3v) is 4.72. The maximum absolute atomic E-state index is 6.37. The fourth-order valence-electron chi connectivity index (χ4n) is 2.61. The smallest absolute Gasteiger partial charge is 0.118 e. The van der Waals surface area contributed by atoms with Crippen LogP contribution < -0.4 is 10.5 Å². The van der Waals surface area contributed by atoms with E-state index in [-0.39, 0.29) is 6.04 Å². The van der Waals surface area contributed by atoms with Crippen LogP contribution in [0.15, 0.2) is 24.3 Å². The number of hydrogen-bond acceptors (Lipinski definition) is 4. The Morgan fingerprint density at radius 3 is 2.42 bits per heavy atom. The molecule has 0 saturated carbocycles. The minimum Gasteiger partial charge on any atom is -0.497 e. The Morgan fingerprint density at radius 1 is 1.26 bits per heavy atom. The lowest BCUT2D eigenvalue weighted by Gasteiger charge is -2.37. The van der Waals surface area contributed by atoms with Crippen molar-refractivity contribution in [2.75, 3.05) is 31.7 Å². The first kappa shape index (κ1) is 14.7. The number of ether oxygens (including phenoxy) is 1. The molecule has 0 aromatic heterocycles. The topological polar surface area (TPSA) is 38.5 Å². The summed E-state index contributed by atoms with van der Waals surface area (Å²) in [7, 11) is 1.70. The van der Waals surface area contributed by atoms with E-state index in [0.717, 1.165) is 25.3 Å². The van der Waals surface area contributed by atoms with Gasteiger partial charge < -0.3 is 10.5 Å². The molecule has 2 rings (SSSR count). The summed E-state index contributed by atoms with van der Waals surface area (Å²) in [5.74, 6) is 3.33. The number of nitrogens with zero attached hydrogens (tertiary/aromatic N) is 1. The lowest BCUT2D eigenvalue weighted by atomic mass is 9.96. The average Bonchev–Trinajstić information content (AvgIpc) is 2.49. The Hall–Kier alpha value is -0.710. The summed E-state index contributed by atoms with van der Waals surface area (Å²) in [6, 6.07) is 8.89. The third-order valence-electron chi connectivity index (χ3n) is 3.77. The molecule has 4 heteroatoms. The molecule has 0 aliphatic carbocycles. The van der Waals surface area contributed by atoms with E-state index in [9.17, 15) is 0 Å². The van der Waals surface area contributed by atoms with Crippen LogP contribution in [0.3, 0.4) is 0 Å². The van der Waals surface area contributed by atoms with Crippen molar-refractivity contribution in [1.82, 2.24) is 4.90 Å². The second-order valence-corrected chi connectivity index (χ2v) is 6.16. The molecule has 2 atom stereocenters. The maximum atomic E-state index is 6.37. The monoisotopic (exact) mass is 280 g/mol. The van der Waals surface area contributed by atoms with E-state index in [2.05, 4.69) is 24.0 Å². The number of hydrogen-bond donors (Lipinski definition) is 1. The first-order valence-electron chi connectivity index (χ1n) is 6.97. The highest BCUT2D eigenvalue weighted by atomic mass is 32.2. The molecule has 1 heterocycles. The Morgan fingerprint density at radius 2 is 1.89 bits per heavy atom. The summed E-state index contributed by atoms with van der Waals surface area (Å²) in [5, 5.41) is 0. The number of nitrogens with two attached hydrogens (primary N) is 1. The maximum Gasteiger partial charge on any atom is 0.118 e. The van der Waals surface area contributed by atoms with Gasteiger partial charge in [0.1, 0.15) is 5.75 Å². The Bertz CT molecular complexity index is 376. The zero-order chi connectivity index (χ0) is 13.7. The van der Waals surface area contributed by atoms with E-state index in [0.29, 0.717) is 6.04 Å². The van der Waals surface area contributed by atoms with Gasteiger partial charge in [-0.2, -0.15) is 11.8 Å². The average molecular weight is 280 g/mol. The summed E-state index contributed by atoms with van der Waals surface area (Å²) in [6.45, 7) is 4.43. The molecule has 1 aliphatic rings. The van der Waals surface area contributed by atoms with Crippen molar-refractivity contribution in [2.24, 2.45) is 5.73 Å². The van der Waals surface area contributed by atoms with Crippen molar-refractivity contribution in [3.8, 4) is 5.75 Å². The summed E-state index contributed by atoms with van der Waals surface area (Å²) in [5.41, 5.74) is 7.68. The largest absolute Gasteiger partial charge is 0.497 e. The van der Waals surface area contributed by atoms with Crippen LogP contribution in [-0.2, 0) is 0 Å². The van der Waals surface area contributed by atoms with Gasteiger partial charge in [-0.05, 0) is 24.1 Å².